The molecule has 0 radical (unpaired) electrons. The summed E-state index contributed by atoms with van der Waals surface area (Å²) in [6.07, 6.45) is 0. The average molecular weight is 224 g/mol. The number of aryl methyl sites for hydroxylation is 1. The first-order valence-corrected chi connectivity index (χ1v) is 4.98. The highest BCUT2D eigenvalue weighted by atomic mass is 16.4. The summed E-state index contributed by atoms with van der Waals surface area (Å²) in [6.45, 7) is 3.37. The Kier molecular flexibility index (Phi) is 3.37. The van der Waals surface area contributed by atoms with Crippen LogP contribution in [0, 0.1) is 6.92 Å². The normalized spacial score (nSPS) is 12.2. The molecule has 1 unspecified atom stereocenters. The van der Waals surface area contributed by atoms with Crippen LogP contribution in [0.5, 0.6) is 0 Å². The molecule has 0 spiro atoms. The zero-order valence-electron chi connectivity index (χ0n) is 9.89. The Morgan fingerprint density at radius 2 is 2.00 bits per heavy atom. The minimum atomic E-state index is -1.01. The van der Waals surface area contributed by atoms with Gasteiger partial charge in [-0.25, -0.2) is 4.79 Å². The van der Waals surface area contributed by atoms with Crippen LogP contribution in [0.15, 0.2) is 12.1 Å². The molecule has 1 amide bonds. The second-order valence-corrected chi connectivity index (χ2v) is 3.85. The van der Waals surface area contributed by atoms with Crippen molar-refractivity contribution in [1.82, 2.24) is 9.47 Å². The quantitative estimate of drug-likeness (QED) is 0.829. The van der Waals surface area contributed by atoms with E-state index in [1.807, 2.05) is 13.0 Å². The van der Waals surface area contributed by atoms with Crippen molar-refractivity contribution in [3.05, 3.63) is 23.5 Å². The lowest BCUT2D eigenvalue weighted by molar-refractivity contribution is -0.141. The smallest absolute Gasteiger partial charge is 0.326 e. The van der Waals surface area contributed by atoms with E-state index in [0.29, 0.717) is 5.69 Å². The van der Waals surface area contributed by atoms with Crippen molar-refractivity contribution in [2.24, 2.45) is 7.05 Å². The SMILES string of the molecule is Cc1ccc(C(=O)N(C)C(C)C(=O)O)n1C. The zero-order chi connectivity index (χ0) is 12.5. The van der Waals surface area contributed by atoms with E-state index in [2.05, 4.69) is 0 Å². The highest BCUT2D eigenvalue weighted by Crippen LogP contribution is 2.10. The molecule has 1 aromatic heterocycles. The van der Waals surface area contributed by atoms with Crippen LogP contribution in [0.25, 0.3) is 0 Å². The number of likely N-dealkylation sites (N-methyl/N-ethyl adjacent to an activating group) is 1. The molecule has 1 rings (SSSR count). The number of carbonyl (C=O) groups is 2. The number of aliphatic carboxylic acids is 1. The van der Waals surface area contributed by atoms with Crippen molar-refractivity contribution in [2.75, 3.05) is 7.05 Å². The first kappa shape index (κ1) is 12.3. The fraction of sp³-hybridized carbons (Fsp3) is 0.455. The molecule has 0 aliphatic carbocycles. The highest BCUT2D eigenvalue weighted by molar-refractivity contribution is 5.95. The van der Waals surface area contributed by atoms with Gasteiger partial charge >= 0.3 is 5.97 Å². The average Bonchev–Trinajstić information content (AvgIpc) is 2.56. The molecule has 1 N–H and O–H groups in total. The Balaban J connectivity index is 2.95. The van der Waals surface area contributed by atoms with E-state index < -0.39 is 12.0 Å². The first-order valence-electron chi connectivity index (χ1n) is 4.98. The molecule has 5 heteroatoms. The van der Waals surface area contributed by atoms with E-state index in [-0.39, 0.29) is 5.91 Å². The van der Waals surface area contributed by atoms with E-state index in [1.165, 1.54) is 18.9 Å². The fourth-order valence-corrected chi connectivity index (χ4v) is 1.35. The molecular formula is C11H16N2O3. The topological polar surface area (TPSA) is 62.5 Å². The predicted molar refractivity (Wildman–Crippen MR) is 59.3 cm³/mol. The molecule has 88 valence electrons. The molecule has 0 saturated carbocycles. The minimum Gasteiger partial charge on any atom is -0.480 e. The lowest BCUT2D eigenvalue weighted by Gasteiger charge is -2.21. The van der Waals surface area contributed by atoms with Gasteiger partial charge in [0.25, 0.3) is 5.91 Å². The van der Waals surface area contributed by atoms with Crippen molar-refractivity contribution in [2.45, 2.75) is 19.9 Å². The van der Waals surface area contributed by atoms with Gasteiger partial charge in [0.05, 0.1) is 0 Å². The third-order valence-corrected chi connectivity index (χ3v) is 2.85. The second kappa shape index (κ2) is 4.38. The van der Waals surface area contributed by atoms with Crippen LogP contribution in [0.2, 0.25) is 0 Å². The Hall–Kier alpha value is -1.78. The molecule has 0 bridgehead atoms. The van der Waals surface area contributed by atoms with Crippen molar-refractivity contribution < 1.29 is 14.7 Å². The molecule has 0 fully saturated rings. The van der Waals surface area contributed by atoms with E-state index in [0.717, 1.165) is 5.69 Å². The van der Waals surface area contributed by atoms with Gasteiger partial charge in [0, 0.05) is 19.8 Å². The molecule has 0 aliphatic heterocycles. The van der Waals surface area contributed by atoms with Crippen molar-refractivity contribution >= 4 is 11.9 Å². The zero-order valence-corrected chi connectivity index (χ0v) is 9.89. The number of hydrogen-bond acceptors (Lipinski definition) is 2. The number of hydrogen-bond donors (Lipinski definition) is 1. The van der Waals surface area contributed by atoms with Gasteiger partial charge in [-0.2, -0.15) is 0 Å². The Bertz CT molecular complexity index is 423. The number of aromatic nitrogens is 1. The van der Waals surface area contributed by atoms with Gasteiger partial charge in [-0.1, -0.05) is 0 Å². The van der Waals surface area contributed by atoms with Crippen molar-refractivity contribution in [3.8, 4) is 0 Å². The Labute approximate surface area is 94.3 Å². The van der Waals surface area contributed by atoms with E-state index in [4.69, 9.17) is 5.11 Å². The van der Waals surface area contributed by atoms with Crippen LogP contribution in [0.3, 0.4) is 0 Å². The monoisotopic (exact) mass is 224 g/mol. The van der Waals surface area contributed by atoms with Crippen LogP contribution >= 0.6 is 0 Å². The van der Waals surface area contributed by atoms with Gasteiger partial charge in [0.1, 0.15) is 11.7 Å². The summed E-state index contributed by atoms with van der Waals surface area (Å²) < 4.78 is 1.74. The molecule has 0 saturated heterocycles. The number of nitrogens with zero attached hydrogens (tertiary/aromatic N) is 2. The number of rotatable bonds is 3. The third-order valence-electron chi connectivity index (χ3n) is 2.85. The molecule has 1 aromatic rings. The summed E-state index contributed by atoms with van der Waals surface area (Å²) in [5, 5.41) is 8.82. The van der Waals surface area contributed by atoms with Gasteiger partial charge in [-0.05, 0) is 26.0 Å². The number of carboxylic acids is 1. The molecule has 0 aromatic carbocycles. The first-order chi connectivity index (χ1) is 7.36. The van der Waals surface area contributed by atoms with Crippen molar-refractivity contribution in [1.29, 1.82) is 0 Å². The third kappa shape index (κ3) is 2.08. The van der Waals surface area contributed by atoms with E-state index in [9.17, 15) is 9.59 Å². The van der Waals surface area contributed by atoms with E-state index in [1.54, 1.807) is 17.7 Å². The number of amides is 1. The molecule has 0 aliphatic rings. The van der Waals surface area contributed by atoms with Gasteiger partial charge in [-0.3, -0.25) is 4.79 Å². The molecule has 1 heterocycles. The summed E-state index contributed by atoms with van der Waals surface area (Å²) >= 11 is 0. The number of carbonyl (C=O) groups excluding carboxylic acids is 1. The Morgan fingerprint density at radius 3 is 2.38 bits per heavy atom. The van der Waals surface area contributed by atoms with E-state index >= 15 is 0 Å². The summed E-state index contributed by atoms with van der Waals surface area (Å²) in [6, 6.07) is 2.69. The van der Waals surface area contributed by atoms with Crippen LogP contribution in [-0.4, -0.2) is 39.5 Å². The lowest BCUT2D eigenvalue weighted by Crippen LogP contribution is -2.40. The van der Waals surface area contributed by atoms with Crippen LogP contribution < -0.4 is 0 Å². The Morgan fingerprint density at radius 1 is 1.44 bits per heavy atom. The molecule has 1 atom stereocenters. The highest BCUT2D eigenvalue weighted by Gasteiger charge is 2.24. The second-order valence-electron chi connectivity index (χ2n) is 3.85. The summed E-state index contributed by atoms with van der Waals surface area (Å²) in [7, 11) is 3.27. The molecule has 16 heavy (non-hydrogen) atoms. The summed E-state index contributed by atoms with van der Waals surface area (Å²) in [4.78, 5) is 24.0. The number of carboxylic acid groups (broad SMARTS) is 1. The summed E-state index contributed by atoms with van der Waals surface area (Å²) in [5.41, 5.74) is 1.45. The standard InChI is InChI=1S/C11H16N2O3/c1-7-5-6-9(12(7)3)10(14)13(4)8(2)11(15)16/h5-6,8H,1-4H3,(H,15,16). The van der Waals surface area contributed by atoms with Crippen LogP contribution in [0.1, 0.15) is 23.1 Å². The van der Waals surface area contributed by atoms with Crippen LogP contribution in [-0.2, 0) is 11.8 Å². The minimum absolute atomic E-state index is 0.287. The van der Waals surface area contributed by atoms with Gasteiger partial charge in [0.15, 0.2) is 0 Å². The largest absolute Gasteiger partial charge is 0.480 e. The van der Waals surface area contributed by atoms with Crippen molar-refractivity contribution in [3.63, 3.8) is 0 Å². The van der Waals surface area contributed by atoms with Gasteiger partial charge < -0.3 is 14.6 Å². The molecular weight excluding hydrogens is 208 g/mol. The maximum absolute atomic E-state index is 12.0. The summed E-state index contributed by atoms with van der Waals surface area (Å²) in [5.74, 6) is -1.30. The molecule has 5 nitrogen and oxygen atoms in total. The van der Waals surface area contributed by atoms with Gasteiger partial charge in [-0.15, -0.1) is 0 Å². The lowest BCUT2D eigenvalue weighted by atomic mass is 10.2. The van der Waals surface area contributed by atoms with Crippen LogP contribution in [0.4, 0.5) is 0 Å². The van der Waals surface area contributed by atoms with Gasteiger partial charge in [0.2, 0.25) is 0 Å². The maximum atomic E-state index is 12.0. The maximum Gasteiger partial charge on any atom is 0.326 e. The fourth-order valence-electron chi connectivity index (χ4n) is 1.35. The predicted octanol–water partition coefficient (Wildman–Crippen LogP) is 0.879.